The Morgan fingerprint density at radius 2 is 1.01 bits per heavy atom. The van der Waals surface area contributed by atoms with E-state index >= 15 is 0 Å². The molecule has 20 nitrogen and oxygen atoms in total. The maximum atomic E-state index is 12.4. The highest BCUT2D eigenvalue weighted by molar-refractivity contribution is 6.29. The lowest BCUT2D eigenvalue weighted by Crippen LogP contribution is -2.47. The van der Waals surface area contributed by atoms with E-state index in [2.05, 4.69) is 46.6 Å². The first-order valence-electron chi connectivity index (χ1n) is 27.8. The van der Waals surface area contributed by atoms with Gasteiger partial charge in [-0.05, 0) is 154 Å². The van der Waals surface area contributed by atoms with Gasteiger partial charge in [-0.15, -0.1) is 0 Å². The standard InChI is InChI=1S/C22H27N5O2.C17H19N5.C11H7ClN4.C10H20N2O2/c1-22(2,3)29-21(28)26-9-6-7-16(15-26)11-17-12-23-14-19(25-17)18-13-24-27-10-5-4-8-20(18)27;1-2-7-22-17(5-1)15(11-20-22)16-12-19-10-14(21-16)8-13-4-3-6-18-9-13;12-11-7-13-6-9(15-11)8-5-14-16-4-2-1-3-10(8)16;1-10(2,3)14-9(13)12-6-4-5-8(11)7-12/h4-5,8,10,12-14,16H,6-7,9,11,15H2,1-3H3;1-2,5,7,10-13,18H,3-4,6,8-9H2;1-7H;8H,4-7,11H2,1-3H3/t16-;13-;;8-/m00.1/s1. The molecule has 81 heavy (non-hydrogen) atoms. The number of ether oxygens (including phenoxy) is 2. The van der Waals surface area contributed by atoms with Crippen LogP contribution in [-0.2, 0) is 22.3 Å². The van der Waals surface area contributed by atoms with Gasteiger partial charge in [-0.1, -0.05) is 29.8 Å². The van der Waals surface area contributed by atoms with Crippen LogP contribution in [0.3, 0.4) is 0 Å². The molecule has 0 aromatic carbocycles. The molecule has 0 aliphatic carbocycles. The summed E-state index contributed by atoms with van der Waals surface area (Å²) < 4.78 is 16.3. The van der Waals surface area contributed by atoms with Crippen molar-refractivity contribution in [3.05, 3.63) is 146 Å². The van der Waals surface area contributed by atoms with E-state index in [1.165, 1.54) is 19.0 Å². The molecule has 12 heterocycles. The Morgan fingerprint density at radius 1 is 0.568 bits per heavy atom. The summed E-state index contributed by atoms with van der Waals surface area (Å²) in [5, 5.41) is 16.8. The third kappa shape index (κ3) is 16.1. The van der Waals surface area contributed by atoms with Gasteiger partial charge in [0.15, 0.2) is 0 Å². The monoisotopic (exact) mass is 1120 g/mol. The van der Waals surface area contributed by atoms with E-state index in [-0.39, 0.29) is 18.2 Å². The fraction of sp³-hybridized carbons (Fsp3) is 0.417. The Morgan fingerprint density at radius 3 is 1.47 bits per heavy atom. The molecule has 0 saturated carbocycles. The summed E-state index contributed by atoms with van der Waals surface area (Å²) in [4.78, 5) is 54.2. The Kier molecular flexibility index (Phi) is 18.9. The number of nitrogens with two attached hydrogens (primary N) is 1. The molecule has 3 fully saturated rings. The van der Waals surface area contributed by atoms with Crippen molar-refractivity contribution in [3.8, 4) is 33.8 Å². The van der Waals surface area contributed by atoms with Gasteiger partial charge >= 0.3 is 12.2 Å². The average molecular weight is 1120 g/mol. The van der Waals surface area contributed by atoms with Crippen LogP contribution in [-0.4, -0.2) is 137 Å². The van der Waals surface area contributed by atoms with Crippen molar-refractivity contribution in [1.29, 1.82) is 0 Å². The number of piperidine rings is 3. The fourth-order valence-corrected chi connectivity index (χ4v) is 10.2. The van der Waals surface area contributed by atoms with E-state index in [4.69, 9.17) is 36.8 Å². The quantitative estimate of drug-likeness (QED) is 0.151. The SMILES string of the molecule is CC(C)(C)OC(=O)N1CCC[C@@H](Cc2cncc(-c3cnn4ccccc34)n2)C1.CC(C)(C)OC(=O)N1CCC[C@@H](N)C1.Clc1cncc(-c2cnn3ccccc23)n1.c1ccn2ncc(-c3cncc(C[C@@H]4CCCNC4)n3)c2c1. The molecule has 0 unspecified atom stereocenters. The number of carbonyl (C=O) groups is 2. The van der Waals surface area contributed by atoms with Crippen molar-refractivity contribution in [1.82, 2.24) is 73.9 Å². The van der Waals surface area contributed by atoms with Gasteiger partial charge in [0.1, 0.15) is 16.4 Å². The van der Waals surface area contributed by atoms with Crippen LogP contribution < -0.4 is 11.1 Å². The maximum Gasteiger partial charge on any atom is 0.410 e. The lowest BCUT2D eigenvalue weighted by Gasteiger charge is -2.34. The molecular weight excluding hydrogens is 1040 g/mol. The molecule has 3 aliphatic rings. The smallest absolute Gasteiger partial charge is 0.410 e. The number of halogens is 1. The second-order valence-corrected chi connectivity index (χ2v) is 23.1. The highest BCUT2D eigenvalue weighted by Gasteiger charge is 2.29. The van der Waals surface area contributed by atoms with Crippen LogP contribution in [0.15, 0.2) is 129 Å². The third-order valence-electron chi connectivity index (χ3n) is 13.8. The molecule has 3 saturated heterocycles. The van der Waals surface area contributed by atoms with Gasteiger partial charge in [-0.2, -0.15) is 15.3 Å². The van der Waals surface area contributed by atoms with Crippen LogP contribution >= 0.6 is 11.6 Å². The number of carbonyl (C=O) groups excluding carboxylic acids is 2. The number of rotatable bonds is 7. The Labute approximate surface area is 477 Å². The molecule has 3 N–H and O–H groups in total. The zero-order valence-electron chi connectivity index (χ0n) is 47.1. The lowest BCUT2D eigenvalue weighted by molar-refractivity contribution is 0.0163. The molecule has 9 aromatic heterocycles. The summed E-state index contributed by atoms with van der Waals surface area (Å²) in [5.74, 6) is 1.02. The lowest BCUT2D eigenvalue weighted by atomic mass is 9.93. The number of hydrogen-bond donors (Lipinski definition) is 2. The number of nitrogens with one attached hydrogen (secondary N) is 1. The topological polar surface area (TPSA) is 226 Å². The van der Waals surface area contributed by atoms with Crippen LogP contribution in [0, 0.1) is 11.8 Å². The van der Waals surface area contributed by atoms with Gasteiger partial charge in [0.05, 0.1) is 88.4 Å². The van der Waals surface area contributed by atoms with E-state index in [1.54, 1.807) is 28.0 Å². The highest BCUT2D eigenvalue weighted by Crippen LogP contribution is 2.28. The van der Waals surface area contributed by atoms with E-state index in [9.17, 15) is 9.59 Å². The number of pyridine rings is 3. The Balaban J connectivity index is 0.000000136. The maximum absolute atomic E-state index is 12.4. The number of likely N-dealkylation sites (tertiary alicyclic amines) is 2. The minimum atomic E-state index is -0.474. The molecule has 9 aromatic rings. The highest BCUT2D eigenvalue weighted by atomic mass is 35.5. The van der Waals surface area contributed by atoms with Crippen molar-refractivity contribution in [2.45, 2.75) is 110 Å². The van der Waals surface area contributed by atoms with Crippen LogP contribution in [0.25, 0.3) is 50.3 Å². The normalized spacial score (nSPS) is 17.5. The average Bonchev–Trinajstić information content (AvgIpc) is 4.31. The van der Waals surface area contributed by atoms with Gasteiger partial charge in [0.25, 0.3) is 0 Å². The summed E-state index contributed by atoms with van der Waals surface area (Å²) in [7, 11) is 0. The number of fused-ring (bicyclic) bond motifs is 3. The molecule has 2 amide bonds. The number of hydrogen-bond acceptors (Lipinski definition) is 15. The molecule has 424 valence electrons. The molecule has 0 spiro atoms. The second kappa shape index (κ2) is 26.6. The third-order valence-corrected chi connectivity index (χ3v) is 13.9. The zero-order valence-corrected chi connectivity index (χ0v) is 47.9. The molecule has 3 atom stereocenters. The van der Waals surface area contributed by atoms with Crippen LogP contribution in [0.1, 0.15) is 91.5 Å². The van der Waals surface area contributed by atoms with Gasteiger partial charge in [-0.3, -0.25) is 15.0 Å². The van der Waals surface area contributed by atoms with Crippen LogP contribution in [0.4, 0.5) is 9.59 Å². The summed E-state index contributed by atoms with van der Waals surface area (Å²) >= 11 is 5.81. The Hall–Kier alpha value is -7.94. The van der Waals surface area contributed by atoms with Crippen molar-refractivity contribution >= 4 is 40.3 Å². The summed E-state index contributed by atoms with van der Waals surface area (Å²) in [5.41, 5.74) is 15.3. The van der Waals surface area contributed by atoms with E-state index in [0.717, 1.165) is 126 Å². The summed E-state index contributed by atoms with van der Waals surface area (Å²) in [6.45, 7) is 16.4. The molecule has 3 aliphatic heterocycles. The Bertz CT molecular complexity index is 3510. The van der Waals surface area contributed by atoms with E-state index < -0.39 is 11.2 Å². The molecule has 12 rings (SSSR count). The van der Waals surface area contributed by atoms with Gasteiger partial charge in [0, 0.05) is 79.9 Å². The number of aromatic nitrogens is 12. The van der Waals surface area contributed by atoms with E-state index in [1.807, 2.05) is 154 Å². The van der Waals surface area contributed by atoms with Gasteiger partial charge in [-0.25, -0.2) is 38.1 Å². The molecule has 0 radical (unpaired) electrons. The predicted octanol–water partition coefficient (Wildman–Crippen LogP) is 10.1. The zero-order chi connectivity index (χ0) is 56.9. The molecular formula is C60H73ClN16O4. The number of nitrogens with zero attached hydrogens (tertiary/aromatic N) is 14. The number of amides is 2. The van der Waals surface area contributed by atoms with Gasteiger partial charge in [0.2, 0.25) is 0 Å². The van der Waals surface area contributed by atoms with Gasteiger partial charge < -0.3 is 30.3 Å². The first-order chi connectivity index (χ1) is 39.0. The minimum Gasteiger partial charge on any atom is -0.444 e. The fourth-order valence-electron chi connectivity index (χ4n) is 10.1. The predicted molar refractivity (Wildman–Crippen MR) is 312 cm³/mol. The molecule has 0 bridgehead atoms. The van der Waals surface area contributed by atoms with E-state index in [0.29, 0.717) is 30.1 Å². The van der Waals surface area contributed by atoms with Crippen molar-refractivity contribution in [2.75, 3.05) is 39.3 Å². The van der Waals surface area contributed by atoms with Crippen molar-refractivity contribution in [3.63, 3.8) is 0 Å². The first kappa shape index (κ1) is 57.7. The minimum absolute atomic E-state index is 0.108. The largest absolute Gasteiger partial charge is 0.444 e. The molecule has 21 heteroatoms. The van der Waals surface area contributed by atoms with Crippen LogP contribution in [0.2, 0.25) is 5.15 Å². The first-order valence-corrected chi connectivity index (χ1v) is 28.2. The summed E-state index contributed by atoms with van der Waals surface area (Å²) in [6.07, 6.45) is 29.6. The van der Waals surface area contributed by atoms with Crippen molar-refractivity contribution < 1.29 is 19.1 Å². The summed E-state index contributed by atoms with van der Waals surface area (Å²) in [6, 6.07) is 18.0. The van der Waals surface area contributed by atoms with Crippen LogP contribution in [0.5, 0.6) is 0 Å². The van der Waals surface area contributed by atoms with Crippen molar-refractivity contribution in [2.24, 2.45) is 17.6 Å². The second-order valence-electron chi connectivity index (χ2n) is 22.7.